The van der Waals surface area contributed by atoms with E-state index in [1.165, 1.54) is 16.8 Å². The van der Waals surface area contributed by atoms with Gasteiger partial charge in [0.25, 0.3) is 5.91 Å². The number of rotatable bonds is 4. The normalized spacial score (nSPS) is 19.6. The van der Waals surface area contributed by atoms with Crippen molar-refractivity contribution in [2.24, 2.45) is 18.1 Å². The van der Waals surface area contributed by atoms with Crippen LogP contribution in [0.3, 0.4) is 0 Å². The summed E-state index contributed by atoms with van der Waals surface area (Å²) in [5, 5.41) is 7.79. The molecule has 8 heteroatoms. The fraction of sp³-hybridized carbons (Fsp3) is 0.545. The van der Waals surface area contributed by atoms with E-state index < -0.39 is 10.0 Å². The van der Waals surface area contributed by atoms with Gasteiger partial charge < -0.3 is 14.6 Å². The third kappa shape index (κ3) is 3.34. The van der Waals surface area contributed by atoms with Gasteiger partial charge in [-0.15, -0.1) is 0 Å². The molecule has 7 nitrogen and oxygen atoms in total. The van der Waals surface area contributed by atoms with Gasteiger partial charge in [-0.1, -0.05) is 0 Å². The van der Waals surface area contributed by atoms with Crippen LogP contribution in [0.5, 0.6) is 0 Å². The Balaban J connectivity index is 2.04. The highest BCUT2D eigenvalue weighted by molar-refractivity contribution is 7.89. The number of aryl methyl sites for hydroxylation is 1. The standard InChI is InChI=1S/C11H17N3O4S/c1-14-6-9(19(12,16)17)4-10(14)11(15)13-5-8-2-3-18-7-8/h4,6,8H,2-3,5,7H2,1H3,(H,13,15)(H2,12,16,17). The van der Waals surface area contributed by atoms with E-state index in [0.717, 1.165) is 13.0 Å². The second kappa shape index (κ2) is 5.32. The van der Waals surface area contributed by atoms with Gasteiger partial charge in [-0.2, -0.15) is 0 Å². The second-order valence-corrected chi connectivity index (χ2v) is 6.22. The number of hydrogen-bond donors (Lipinski definition) is 2. The van der Waals surface area contributed by atoms with Crippen LogP contribution in [-0.2, 0) is 21.8 Å². The Kier molecular flexibility index (Phi) is 3.93. The van der Waals surface area contributed by atoms with Crippen molar-refractivity contribution in [3.05, 3.63) is 18.0 Å². The van der Waals surface area contributed by atoms with E-state index in [1.807, 2.05) is 0 Å². The first kappa shape index (κ1) is 14.0. The van der Waals surface area contributed by atoms with Crippen LogP contribution in [0.4, 0.5) is 0 Å². The van der Waals surface area contributed by atoms with Crippen LogP contribution in [0, 0.1) is 5.92 Å². The summed E-state index contributed by atoms with van der Waals surface area (Å²) in [5.41, 5.74) is 0.267. The lowest BCUT2D eigenvalue weighted by molar-refractivity contribution is 0.0937. The van der Waals surface area contributed by atoms with Crippen molar-refractivity contribution in [2.45, 2.75) is 11.3 Å². The number of carbonyl (C=O) groups is 1. The largest absolute Gasteiger partial charge is 0.381 e. The van der Waals surface area contributed by atoms with Gasteiger partial charge in [0, 0.05) is 32.3 Å². The molecule has 1 saturated heterocycles. The Hall–Kier alpha value is -1.38. The smallest absolute Gasteiger partial charge is 0.267 e. The minimum absolute atomic E-state index is 0.0654. The molecular weight excluding hydrogens is 270 g/mol. The van der Waals surface area contributed by atoms with Gasteiger partial charge in [-0.05, 0) is 12.5 Å². The van der Waals surface area contributed by atoms with E-state index in [-0.39, 0.29) is 16.5 Å². The molecule has 3 N–H and O–H groups in total. The lowest BCUT2D eigenvalue weighted by Gasteiger charge is -2.09. The van der Waals surface area contributed by atoms with E-state index in [9.17, 15) is 13.2 Å². The molecule has 1 aliphatic heterocycles. The van der Waals surface area contributed by atoms with Crippen molar-refractivity contribution in [1.29, 1.82) is 0 Å². The zero-order chi connectivity index (χ0) is 14.0. The fourth-order valence-electron chi connectivity index (χ4n) is 1.99. The highest BCUT2D eigenvalue weighted by atomic mass is 32.2. The maximum Gasteiger partial charge on any atom is 0.267 e. The molecule has 0 radical (unpaired) electrons. The number of primary sulfonamides is 1. The summed E-state index contributed by atoms with van der Waals surface area (Å²) in [5.74, 6) is 0.00577. The van der Waals surface area contributed by atoms with Crippen molar-refractivity contribution in [2.75, 3.05) is 19.8 Å². The minimum Gasteiger partial charge on any atom is -0.381 e. The molecule has 1 amide bonds. The third-order valence-corrected chi connectivity index (χ3v) is 4.00. The lowest BCUT2D eigenvalue weighted by atomic mass is 10.1. The second-order valence-electron chi connectivity index (χ2n) is 4.66. The highest BCUT2D eigenvalue weighted by Crippen LogP contribution is 2.13. The van der Waals surface area contributed by atoms with Crippen molar-refractivity contribution in [3.63, 3.8) is 0 Å². The fourth-order valence-corrected chi connectivity index (χ4v) is 2.57. The maximum atomic E-state index is 12.0. The van der Waals surface area contributed by atoms with Crippen molar-refractivity contribution >= 4 is 15.9 Å². The monoisotopic (exact) mass is 287 g/mol. The molecule has 0 aliphatic carbocycles. The molecule has 0 saturated carbocycles. The van der Waals surface area contributed by atoms with Crippen LogP contribution in [0.2, 0.25) is 0 Å². The summed E-state index contributed by atoms with van der Waals surface area (Å²) in [7, 11) is -2.19. The molecule has 2 rings (SSSR count). The van der Waals surface area contributed by atoms with Crippen LogP contribution in [-0.4, -0.2) is 38.7 Å². The molecule has 0 spiro atoms. The SMILES string of the molecule is Cn1cc(S(N)(=O)=O)cc1C(=O)NCC1CCOC1. The van der Waals surface area contributed by atoms with Crippen LogP contribution in [0.15, 0.2) is 17.2 Å². The highest BCUT2D eigenvalue weighted by Gasteiger charge is 2.20. The molecule has 1 unspecified atom stereocenters. The average Bonchev–Trinajstić information content (AvgIpc) is 2.93. The predicted octanol–water partition coefficient (Wildman–Crippen LogP) is -0.561. The Morgan fingerprint density at radius 2 is 2.37 bits per heavy atom. The number of sulfonamides is 1. The van der Waals surface area contributed by atoms with Crippen molar-refractivity contribution in [3.8, 4) is 0 Å². The number of nitrogens with two attached hydrogens (primary N) is 1. The third-order valence-electron chi connectivity index (χ3n) is 3.12. The van der Waals surface area contributed by atoms with Gasteiger partial charge in [0.1, 0.15) is 10.6 Å². The Bertz CT molecular complexity index is 573. The topological polar surface area (TPSA) is 103 Å². The lowest BCUT2D eigenvalue weighted by Crippen LogP contribution is -2.30. The Morgan fingerprint density at radius 1 is 1.63 bits per heavy atom. The number of aromatic nitrogens is 1. The molecule has 1 fully saturated rings. The van der Waals surface area contributed by atoms with Gasteiger partial charge in [0.2, 0.25) is 10.0 Å². The van der Waals surface area contributed by atoms with Crippen LogP contribution in [0.1, 0.15) is 16.9 Å². The molecule has 106 valence electrons. The van der Waals surface area contributed by atoms with Crippen molar-refractivity contribution < 1.29 is 17.9 Å². The van der Waals surface area contributed by atoms with Gasteiger partial charge in [0.05, 0.1) is 6.61 Å². The van der Waals surface area contributed by atoms with Crippen molar-refractivity contribution in [1.82, 2.24) is 9.88 Å². The zero-order valence-electron chi connectivity index (χ0n) is 10.6. The molecule has 1 aliphatic rings. The van der Waals surface area contributed by atoms with Gasteiger partial charge in [0.15, 0.2) is 0 Å². The molecule has 1 aromatic rings. The first-order chi connectivity index (χ1) is 8.88. The van der Waals surface area contributed by atoms with E-state index in [2.05, 4.69) is 5.32 Å². The minimum atomic E-state index is -3.79. The van der Waals surface area contributed by atoms with Gasteiger partial charge in [-0.3, -0.25) is 4.79 Å². The van der Waals surface area contributed by atoms with E-state index in [0.29, 0.717) is 19.1 Å². The summed E-state index contributed by atoms with van der Waals surface area (Å²) < 4.78 is 29.1. The zero-order valence-corrected chi connectivity index (χ0v) is 11.4. The molecular formula is C11H17N3O4S. The predicted molar refractivity (Wildman–Crippen MR) is 68.0 cm³/mol. The first-order valence-electron chi connectivity index (χ1n) is 5.93. The summed E-state index contributed by atoms with van der Waals surface area (Å²) in [4.78, 5) is 11.9. The number of nitrogens with one attached hydrogen (secondary N) is 1. The Labute approximate surface area is 111 Å². The van der Waals surface area contributed by atoms with E-state index >= 15 is 0 Å². The van der Waals surface area contributed by atoms with Gasteiger partial charge >= 0.3 is 0 Å². The van der Waals surface area contributed by atoms with Crippen LogP contribution < -0.4 is 10.5 Å². The molecule has 19 heavy (non-hydrogen) atoms. The first-order valence-corrected chi connectivity index (χ1v) is 7.47. The molecule has 1 atom stereocenters. The average molecular weight is 287 g/mol. The number of hydrogen-bond acceptors (Lipinski definition) is 4. The summed E-state index contributed by atoms with van der Waals surface area (Å²) in [6.07, 6.45) is 2.25. The van der Waals surface area contributed by atoms with Crippen LogP contribution in [0.25, 0.3) is 0 Å². The quantitative estimate of drug-likeness (QED) is 0.774. The Morgan fingerprint density at radius 3 is 2.89 bits per heavy atom. The van der Waals surface area contributed by atoms with E-state index in [1.54, 1.807) is 7.05 Å². The van der Waals surface area contributed by atoms with E-state index in [4.69, 9.17) is 9.88 Å². The van der Waals surface area contributed by atoms with Crippen LogP contribution >= 0.6 is 0 Å². The number of amides is 1. The molecule has 2 heterocycles. The number of carbonyl (C=O) groups excluding carboxylic acids is 1. The maximum absolute atomic E-state index is 12.0. The molecule has 0 aromatic carbocycles. The molecule has 1 aromatic heterocycles. The molecule has 0 bridgehead atoms. The number of nitrogens with zero attached hydrogens (tertiary/aromatic N) is 1. The summed E-state index contributed by atoms with van der Waals surface area (Å²) in [6.45, 7) is 1.89. The van der Waals surface area contributed by atoms with Gasteiger partial charge in [-0.25, -0.2) is 13.6 Å². The number of ether oxygens (including phenoxy) is 1. The summed E-state index contributed by atoms with van der Waals surface area (Å²) >= 11 is 0. The summed E-state index contributed by atoms with van der Waals surface area (Å²) in [6, 6.07) is 1.27.